The van der Waals surface area contributed by atoms with Gasteiger partial charge in [0.1, 0.15) is 0 Å². The minimum absolute atomic E-state index is 0.0817. The zero-order valence-electron chi connectivity index (χ0n) is 12.8. The van der Waals surface area contributed by atoms with Crippen LogP contribution in [0.15, 0.2) is 4.52 Å². The van der Waals surface area contributed by atoms with E-state index in [9.17, 15) is 4.79 Å². The number of aryl methyl sites for hydroxylation is 1. The molecule has 0 saturated carbocycles. The van der Waals surface area contributed by atoms with E-state index in [2.05, 4.69) is 20.4 Å². The topological polar surface area (TPSA) is 80.5 Å². The summed E-state index contributed by atoms with van der Waals surface area (Å²) in [5.41, 5.74) is 0. The van der Waals surface area contributed by atoms with Gasteiger partial charge < -0.3 is 14.6 Å². The number of rotatable bonds is 7. The lowest BCUT2D eigenvalue weighted by atomic mass is 9.97. The van der Waals surface area contributed by atoms with Gasteiger partial charge >= 0.3 is 0 Å². The van der Waals surface area contributed by atoms with E-state index in [4.69, 9.17) is 9.26 Å². The van der Waals surface area contributed by atoms with Crippen LogP contribution in [0.5, 0.6) is 0 Å². The van der Waals surface area contributed by atoms with Crippen molar-refractivity contribution in [3.63, 3.8) is 0 Å². The molecule has 0 atom stereocenters. The van der Waals surface area contributed by atoms with E-state index in [-0.39, 0.29) is 5.91 Å². The van der Waals surface area contributed by atoms with Gasteiger partial charge in [-0.2, -0.15) is 4.98 Å². The molecule has 0 radical (unpaired) electrons. The highest BCUT2D eigenvalue weighted by Gasteiger charge is 2.25. The number of methoxy groups -OCH3 is 1. The second kappa shape index (κ2) is 8.09. The molecule has 1 amide bonds. The first-order chi connectivity index (χ1) is 10.2. The Morgan fingerprint density at radius 3 is 2.86 bits per heavy atom. The average Bonchev–Trinajstić information content (AvgIpc) is 2.91. The highest BCUT2D eigenvalue weighted by atomic mass is 16.5. The number of hydrogen-bond acceptors (Lipinski definition) is 6. The number of amides is 1. The molecule has 7 nitrogen and oxygen atoms in total. The lowest BCUT2D eigenvalue weighted by molar-refractivity contribution is -0.122. The number of hydrogen-bond donors (Lipinski definition) is 1. The minimum atomic E-state index is 0.0817. The van der Waals surface area contributed by atoms with Gasteiger partial charge in [0, 0.05) is 26.2 Å². The molecule has 1 aromatic heterocycles. The Labute approximate surface area is 125 Å². The van der Waals surface area contributed by atoms with Gasteiger partial charge in [0.05, 0.1) is 6.54 Å². The second-order valence-corrected chi connectivity index (χ2v) is 5.43. The molecule has 0 unspecified atom stereocenters. The number of ether oxygens (including phenoxy) is 1. The van der Waals surface area contributed by atoms with Gasteiger partial charge in [0.15, 0.2) is 5.82 Å². The maximum atomic E-state index is 11.8. The molecule has 1 N–H and O–H groups in total. The predicted octanol–water partition coefficient (Wildman–Crippen LogP) is 0.710. The Bertz CT molecular complexity index is 441. The number of likely N-dealkylation sites (tertiary alicyclic amines) is 1. The van der Waals surface area contributed by atoms with Crippen molar-refractivity contribution < 1.29 is 14.1 Å². The Hall–Kier alpha value is -1.47. The van der Waals surface area contributed by atoms with E-state index >= 15 is 0 Å². The summed E-state index contributed by atoms with van der Waals surface area (Å²) in [7, 11) is 1.66. The smallest absolute Gasteiger partial charge is 0.234 e. The molecule has 118 valence electrons. The molecule has 1 aliphatic rings. The molecule has 7 heteroatoms. The van der Waals surface area contributed by atoms with Crippen LogP contribution >= 0.6 is 0 Å². The van der Waals surface area contributed by atoms with Crippen LogP contribution in [0, 0.1) is 6.92 Å². The average molecular weight is 296 g/mol. The quantitative estimate of drug-likeness (QED) is 0.746. The van der Waals surface area contributed by atoms with Crippen LogP contribution in [0.4, 0.5) is 0 Å². The number of piperidine rings is 1. The van der Waals surface area contributed by atoms with Crippen LogP contribution in [0.2, 0.25) is 0 Å². The van der Waals surface area contributed by atoms with Gasteiger partial charge in [0.25, 0.3) is 0 Å². The summed E-state index contributed by atoms with van der Waals surface area (Å²) in [6.45, 7) is 5.41. The third-order valence-electron chi connectivity index (χ3n) is 3.69. The third-order valence-corrected chi connectivity index (χ3v) is 3.69. The van der Waals surface area contributed by atoms with Crippen LogP contribution in [0.25, 0.3) is 0 Å². The summed E-state index contributed by atoms with van der Waals surface area (Å²) in [6.07, 6.45) is 2.76. The lowest BCUT2D eigenvalue weighted by Gasteiger charge is -2.29. The Morgan fingerprint density at radius 2 is 2.24 bits per heavy atom. The van der Waals surface area contributed by atoms with E-state index in [0.717, 1.165) is 38.2 Å². The zero-order chi connectivity index (χ0) is 15.1. The summed E-state index contributed by atoms with van der Waals surface area (Å²) in [5.74, 6) is 1.82. The minimum Gasteiger partial charge on any atom is -0.385 e. The van der Waals surface area contributed by atoms with Crippen LogP contribution < -0.4 is 5.32 Å². The van der Waals surface area contributed by atoms with Gasteiger partial charge in [0.2, 0.25) is 11.8 Å². The van der Waals surface area contributed by atoms with Crippen molar-refractivity contribution >= 4 is 5.91 Å². The van der Waals surface area contributed by atoms with Gasteiger partial charge in [-0.3, -0.25) is 9.69 Å². The summed E-state index contributed by atoms with van der Waals surface area (Å²) in [5, 5.41) is 6.74. The largest absolute Gasteiger partial charge is 0.385 e. The van der Waals surface area contributed by atoms with Crippen molar-refractivity contribution in [2.24, 2.45) is 0 Å². The molecular weight excluding hydrogens is 272 g/mol. The number of carbonyl (C=O) groups is 1. The fraction of sp³-hybridized carbons (Fsp3) is 0.786. The molecule has 1 fully saturated rings. The summed E-state index contributed by atoms with van der Waals surface area (Å²) in [4.78, 5) is 18.3. The van der Waals surface area contributed by atoms with E-state index in [1.165, 1.54) is 0 Å². The first-order valence-corrected chi connectivity index (χ1v) is 7.47. The van der Waals surface area contributed by atoms with Crippen molar-refractivity contribution in [3.05, 3.63) is 11.7 Å². The molecule has 0 aliphatic carbocycles. The fourth-order valence-corrected chi connectivity index (χ4v) is 2.52. The summed E-state index contributed by atoms with van der Waals surface area (Å²) in [6, 6.07) is 0. The Morgan fingerprint density at radius 1 is 1.48 bits per heavy atom. The van der Waals surface area contributed by atoms with Crippen LogP contribution in [0.3, 0.4) is 0 Å². The molecule has 0 bridgehead atoms. The van der Waals surface area contributed by atoms with Crippen LogP contribution in [-0.4, -0.2) is 60.8 Å². The Kier molecular flexibility index (Phi) is 6.13. The number of carbonyl (C=O) groups excluding carboxylic acids is 1. The molecule has 1 saturated heterocycles. The van der Waals surface area contributed by atoms with Gasteiger partial charge in [-0.1, -0.05) is 5.16 Å². The lowest BCUT2D eigenvalue weighted by Crippen LogP contribution is -2.41. The molecule has 1 aliphatic heterocycles. The molecule has 21 heavy (non-hydrogen) atoms. The highest BCUT2D eigenvalue weighted by Crippen LogP contribution is 2.26. The molecule has 1 aromatic rings. The molecule has 0 spiro atoms. The third kappa shape index (κ3) is 5.09. The molecule has 2 rings (SSSR count). The van der Waals surface area contributed by atoms with Crippen LogP contribution in [0.1, 0.15) is 36.9 Å². The van der Waals surface area contributed by atoms with Crippen molar-refractivity contribution in [1.29, 1.82) is 0 Å². The van der Waals surface area contributed by atoms with Crippen LogP contribution in [-0.2, 0) is 9.53 Å². The van der Waals surface area contributed by atoms with E-state index in [1.54, 1.807) is 7.11 Å². The van der Waals surface area contributed by atoms with Crippen molar-refractivity contribution in [2.75, 3.05) is 39.9 Å². The van der Waals surface area contributed by atoms with Crippen molar-refractivity contribution in [2.45, 2.75) is 32.1 Å². The predicted molar refractivity (Wildman–Crippen MR) is 77.0 cm³/mol. The highest BCUT2D eigenvalue weighted by molar-refractivity contribution is 5.77. The first-order valence-electron chi connectivity index (χ1n) is 7.47. The van der Waals surface area contributed by atoms with Gasteiger partial charge in [-0.05, 0) is 39.3 Å². The monoisotopic (exact) mass is 296 g/mol. The van der Waals surface area contributed by atoms with E-state index in [0.29, 0.717) is 31.4 Å². The summed E-state index contributed by atoms with van der Waals surface area (Å²) < 4.78 is 10.2. The van der Waals surface area contributed by atoms with E-state index in [1.807, 2.05) is 6.92 Å². The van der Waals surface area contributed by atoms with Gasteiger partial charge in [-0.15, -0.1) is 0 Å². The maximum Gasteiger partial charge on any atom is 0.234 e. The second-order valence-electron chi connectivity index (χ2n) is 5.43. The number of nitrogens with one attached hydrogen (secondary N) is 1. The summed E-state index contributed by atoms with van der Waals surface area (Å²) >= 11 is 0. The zero-order valence-corrected chi connectivity index (χ0v) is 12.8. The molecule has 2 heterocycles. The van der Waals surface area contributed by atoms with Crippen molar-refractivity contribution in [3.8, 4) is 0 Å². The fourth-order valence-electron chi connectivity index (χ4n) is 2.52. The number of nitrogens with zero attached hydrogens (tertiary/aromatic N) is 3. The van der Waals surface area contributed by atoms with E-state index < -0.39 is 0 Å². The van der Waals surface area contributed by atoms with Gasteiger partial charge in [-0.25, -0.2) is 0 Å². The standard InChI is InChI=1S/C14H24N4O3/c1-11-16-14(21-17-11)12-4-7-18(8-5-12)10-13(19)15-6-3-9-20-2/h12H,3-10H2,1-2H3,(H,15,19). The van der Waals surface area contributed by atoms with Crippen molar-refractivity contribution in [1.82, 2.24) is 20.4 Å². The molecular formula is C14H24N4O3. The SMILES string of the molecule is COCCCNC(=O)CN1CCC(c2nc(C)no2)CC1. The Balaban J connectivity index is 1.65. The normalized spacial score (nSPS) is 17.0. The maximum absolute atomic E-state index is 11.8. The number of aromatic nitrogens is 2. The first kappa shape index (κ1) is 15.9. The molecule has 0 aromatic carbocycles.